The summed E-state index contributed by atoms with van der Waals surface area (Å²) in [6.07, 6.45) is 3.65. The normalized spacial score (nSPS) is 21.9. The Hall–Kier alpha value is -1.75. The minimum Gasteiger partial charge on any atom is -0.299 e. The Kier molecular flexibility index (Phi) is 2.96. The predicted octanol–water partition coefficient (Wildman–Crippen LogP) is 0.147. The maximum atomic E-state index is 11.3. The molecule has 84 valence electrons. The topological polar surface area (TPSA) is 71.1 Å². The number of hydrogen-bond acceptors (Lipinski definition) is 4. The highest BCUT2D eigenvalue weighted by molar-refractivity contribution is 6.05. The van der Waals surface area contributed by atoms with Crippen LogP contribution in [0.15, 0.2) is 24.5 Å². The summed E-state index contributed by atoms with van der Waals surface area (Å²) in [5, 5.41) is 5.37. The van der Waals surface area contributed by atoms with E-state index in [0.29, 0.717) is 0 Å². The van der Waals surface area contributed by atoms with Crippen molar-refractivity contribution in [1.29, 1.82) is 0 Å². The molecule has 16 heavy (non-hydrogen) atoms. The fourth-order valence-corrected chi connectivity index (χ4v) is 1.72. The SMILES string of the molecule is C[C@H](NC1CC(=O)NC1=O)c1cccnc1. The van der Waals surface area contributed by atoms with Gasteiger partial charge in [0.25, 0.3) is 0 Å². The van der Waals surface area contributed by atoms with Gasteiger partial charge >= 0.3 is 0 Å². The van der Waals surface area contributed by atoms with Gasteiger partial charge in [-0.2, -0.15) is 0 Å². The number of amides is 2. The van der Waals surface area contributed by atoms with Gasteiger partial charge in [-0.05, 0) is 18.6 Å². The first kappa shape index (κ1) is 10.8. The Bertz CT molecular complexity index is 405. The van der Waals surface area contributed by atoms with E-state index in [2.05, 4.69) is 15.6 Å². The van der Waals surface area contributed by atoms with Crippen LogP contribution >= 0.6 is 0 Å². The molecule has 0 spiro atoms. The Morgan fingerprint density at radius 1 is 1.56 bits per heavy atom. The molecule has 1 aliphatic rings. The van der Waals surface area contributed by atoms with E-state index in [1.165, 1.54) is 0 Å². The molecule has 0 radical (unpaired) electrons. The second-order valence-electron chi connectivity index (χ2n) is 3.84. The number of nitrogens with one attached hydrogen (secondary N) is 2. The molecule has 0 saturated carbocycles. The summed E-state index contributed by atoms with van der Waals surface area (Å²) in [5.41, 5.74) is 0.995. The summed E-state index contributed by atoms with van der Waals surface area (Å²) in [6, 6.07) is 3.34. The molecule has 1 aromatic rings. The average molecular weight is 219 g/mol. The summed E-state index contributed by atoms with van der Waals surface area (Å²) < 4.78 is 0. The lowest BCUT2D eigenvalue weighted by molar-refractivity contribution is -0.125. The molecular formula is C11H13N3O2. The third-order valence-electron chi connectivity index (χ3n) is 2.60. The van der Waals surface area contributed by atoms with E-state index in [1.54, 1.807) is 12.4 Å². The molecule has 2 N–H and O–H groups in total. The fraction of sp³-hybridized carbons (Fsp3) is 0.364. The van der Waals surface area contributed by atoms with Crippen molar-refractivity contribution < 1.29 is 9.59 Å². The van der Waals surface area contributed by atoms with Gasteiger partial charge in [-0.15, -0.1) is 0 Å². The Labute approximate surface area is 93.3 Å². The quantitative estimate of drug-likeness (QED) is 0.710. The molecule has 5 heteroatoms. The Morgan fingerprint density at radius 3 is 2.94 bits per heavy atom. The van der Waals surface area contributed by atoms with Crippen LogP contribution in [0.2, 0.25) is 0 Å². The Balaban J connectivity index is 2.00. The monoisotopic (exact) mass is 219 g/mol. The highest BCUT2D eigenvalue weighted by Crippen LogP contribution is 2.13. The smallest absolute Gasteiger partial charge is 0.244 e. The first-order chi connectivity index (χ1) is 7.66. The lowest BCUT2D eigenvalue weighted by atomic mass is 10.1. The van der Waals surface area contributed by atoms with Crippen LogP contribution in [0, 0.1) is 0 Å². The van der Waals surface area contributed by atoms with Gasteiger partial charge < -0.3 is 0 Å². The zero-order valence-electron chi connectivity index (χ0n) is 8.93. The maximum absolute atomic E-state index is 11.3. The van der Waals surface area contributed by atoms with Gasteiger partial charge in [0.1, 0.15) is 0 Å². The third-order valence-corrected chi connectivity index (χ3v) is 2.60. The number of hydrogen-bond donors (Lipinski definition) is 2. The van der Waals surface area contributed by atoms with Crippen LogP contribution in [0.4, 0.5) is 0 Å². The third kappa shape index (κ3) is 2.25. The van der Waals surface area contributed by atoms with E-state index in [-0.39, 0.29) is 24.3 Å². The largest absolute Gasteiger partial charge is 0.299 e. The number of carbonyl (C=O) groups is 2. The minimum atomic E-state index is -0.428. The molecule has 2 atom stereocenters. The molecule has 2 amide bonds. The number of carbonyl (C=O) groups excluding carboxylic acids is 2. The van der Waals surface area contributed by atoms with Crippen LogP contribution in [0.5, 0.6) is 0 Å². The Morgan fingerprint density at radius 2 is 2.38 bits per heavy atom. The second kappa shape index (κ2) is 4.40. The van der Waals surface area contributed by atoms with Gasteiger partial charge in [0, 0.05) is 18.4 Å². The molecule has 0 aromatic carbocycles. The predicted molar refractivity (Wildman–Crippen MR) is 57.3 cm³/mol. The van der Waals surface area contributed by atoms with Crippen molar-refractivity contribution in [3.8, 4) is 0 Å². The van der Waals surface area contributed by atoms with Crippen LogP contribution in [-0.4, -0.2) is 22.8 Å². The molecule has 1 aromatic heterocycles. The van der Waals surface area contributed by atoms with E-state index < -0.39 is 6.04 Å². The molecule has 1 fully saturated rings. The van der Waals surface area contributed by atoms with E-state index in [0.717, 1.165) is 5.56 Å². The molecule has 1 unspecified atom stereocenters. The fourth-order valence-electron chi connectivity index (χ4n) is 1.72. The molecule has 2 rings (SSSR count). The molecular weight excluding hydrogens is 206 g/mol. The number of nitrogens with zero attached hydrogens (tertiary/aromatic N) is 1. The van der Waals surface area contributed by atoms with Crippen molar-refractivity contribution in [3.05, 3.63) is 30.1 Å². The lowest BCUT2D eigenvalue weighted by Crippen LogP contribution is -2.37. The summed E-state index contributed by atoms with van der Waals surface area (Å²) >= 11 is 0. The highest BCUT2D eigenvalue weighted by atomic mass is 16.2. The first-order valence-corrected chi connectivity index (χ1v) is 5.16. The van der Waals surface area contributed by atoms with Gasteiger partial charge in [-0.3, -0.25) is 25.2 Å². The van der Waals surface area contributed by atoms with Crippen molar-refractivity contribution >= 4 is 11.8 Å². The van der Waals surface area contributed by atoms with Crippen LogP contribution < -0.4 is 10.6 Å². The summed E-state index contributed by atoms with van der Waals surface area (Å²) in [7, 11) is 0. The number of aromatic nitrogens is 1. The number of rotatable bonds is 3. The van der Waals surface area contributed by atoms with Crippen molar-refractivity contribution in [2.75, 3.05) is 0 Å². The van der Waals surface area contributed by atoms with Crippen LogP contribution in [0.3, 0.4) is 0 Å². The van der Waals surface area contributed by atoms with Gasteiger partial charge in [-0.1, -0.05) is 6.07 Å². The minimum absolute atomic E-state index is 0.00431. The standard InChI is InChI=1S/C11H13N3O2/c1-7(8-3-2-4-12-6-8)13-9-5-10(15)14-11(9)16/h2-4,6-7,9,13H,5H2,1H3,(H,14,15,16)/t7-,9?/m0/s1. The highest BCUT2D eigenvalue weighted by Gasteiger charge is 2.31. The molecule has 1 aliphatic heterocycles. The molecule has 2 heterocycles. The lowest BCUT2D eigenvalue weighted by Gasteiger charge is -2.16. The van der Waals surface area contributed by atoms with Crippen molar-refractivity contribution in [2.24, 2.45) is 0 Å². The zero-order valence-corrected chi connectivity index (χ0v) is 8.93. The molecule has 0 bridgehead atoms. The van der Waals surface area contributed by atoms with Crippen LogP contribution in [-0.2, 0) is 9.59 Å². The van der Waals surface area contributed by atoms with E-state index in [1.807, 2.05) is 19.1 Å². The van der Waals surface area contributed by atoms with Crippen molar-refractivity contribution in [1.82, 2.24) is 15.6 Å². The van der Waals surface area contributed by atoms with Gasteiger partial charge in [0.2, 0.25) is 11.8 Å². The number of imide groups is 1. The van der Waals surface area contributed by atoms with Gasteiger partial charge in [0.15, 0.2) is 0 Å². The van der Waals surface area contributed by atoms with Gasteiger partial charge in [0.05, 0.1) is 12.5 Å². The molecule has 0 aliphatic carbocycles. The van der Waals surface area contributed by atoms with E-state index >= 15 is 0 Å². The molecule has 5 nitrogen and oxygen atoms in total. The molecule has 1 saturated heterocycles. The zero-order chi connectivity index (χ0) is 11.5. The maximum Gasteiger partial charge on any atom is 0.244 e. The first-order valence-electron chi connectivity index (χ1n) is 5.16. The van der Waals surface area contributed by atoms with E-state index in [9.17, 15) is 9.59 Å². The second-order valence-corrected chi connectivity index (χ2v) is 3.84. The van der Waals surface area contributed by atoms with E-state index in [4.69, 9.17) is 0 Å². The summed E-state index contributed by atoms with van der Waals surface area (Å²) in [4.78, 5) is 26.3. The average Bonchev–Trinajstić information content (AvgIpc) is 2.59. The van der Waals surface area contributed by atoms with Crippen molar-refractivity contribution in [2.45, 2.75) is 25.4 Å². The number of pyridine rings is 1. The summed E-state index contributed by atoms with van der Waals surface area (Å²) in [6.45, 7) is 1.94. The van der Waals surface area contributed by atoms with Crippen LogP contribution in [0.1, 0.15) is 24.9 Å². The van der Waals surface area contributed by atoms with Crippen molar-refractivity contribution in [3.63, 3.8) is 0 Å². The van der Waals surface area contributed by atoms with Crippen LogP contribution in [0.25, 0.3) is 0 Å². The summed E-state index contributed by atoms with van der Waals surface area (Å²) in [5.74, 6) is -0.471. The van der Waals surface area contributed by atoms with Gasteiger partial charge in [-0.25, -0.2) is 0 Å².